The van der Waals surface area contributed by atoms with Crippen molar-refractivity contribution < 1.29 is 10.3 Å². The van der Waals surface area contributed by atoms with Crippen LogP contribution in [-0.2, 0) is 0 Å². The minimum Gasteiger partial charge on any atom is -0.412 e. The monoisotopic (exact) mass is 134 g/mol. The van der Waals surface area contributed by atoms with Crippen molar-refractivity contribution in [3.05, 3.63) is 0 Å². The molecule has 0 bridgehead atoms. The molecule has 0 aliphatic rings. The molecule has 0 aromatic heterocycles. The summed E-state index contributed by atoms with van der Waals surface area (Å²) in [5.41, 5.74) is 0. The lowest BCUT2D eigenvalue weighted by atomic mass is 11.8. The molecule has 0 aromatic carbocycles. The summed E-state index contributed by atoms with van der Waals surface area (Å²) in [5.74, 6) is 0. The average Bonchev–Trinajstić information content (AvgIpc) is 1.65. The van der Waals surface area contributed by atoms with Gasteiger partial charge in [0.25, 0.3) is 0 Å². The van der Waals surface area contributed by atoms with Crippen molar-refractivity contribution in [1.29, 1.82) is 0 Å². The van der Waals surface area contributed by atoms with Crippen molar-refractivity contribution >= 4 is 24.4 Å². The first-order valence-corrected chi connectivity index (χ1v) is 3.44. The summed E-state index contributed by atoms with van der Waals surface area (Å²) in [4.78, 5) is 9.96. The van der Waals surface area contributed by atoms with Crippen LogP contribution in [0.4, 0.5) is 4.79 Å². The van der Waals surface area contributed by atoms with Crippen LogP contribution < -0.4 is 10.8 Å². The molecule has 0 atom stereocenters. The molecule has 4 nitrogen and oxygen atoms in total. The van der Waals surface area contributed by atoms with Gasteiger partial charge in [-0.25, -0.2) is 0 Å². The van der Waals surface area contributed by atoms with Crippen molar-refractivity contribution in [1.82, 2.24) is 0 Å². The molecule has 4 radical (unpaired) electrons. The third-order valence-electron chi connectivity index (χ3n) is 0.262. The summed E-state index contributed by atoms with van der Waals surface area (Å²) >= 11 is 0. The molecule has 0 heterocycles. The molecule has 0 saturated carbocycles. The van der Waals surface area contributed by atoms with Crippen LogP contribution in [0.15, 0.2) is 0 Å². The fourth-order valence-electron chi connectivity index (χ4n) is 0.0417. The first-order valence-electron chi connectivity index (χ1n) is 1.28. The Morgan fingerprint density at radius 2 is 1.57 bits per heavy atom. The Hall–Kier alpha value is -0.0162. The van der Waals surface area contributed by atoms with E-state index in [1.807, 2.05) is 0 Å². The quantitative estimate of drug-likeness (QED) is 0.406. The van der Waals surface area contributed by atoms with Crippen molar-refractivity contribution in [2.45, 2.75) is 0 Å². The molecule has 0 aliphatic heterocycles. The zero-order valence-corrected chi connectivity index (χ0v) is 5.56. The van der Waals surface area contributed by atoms with Crippen LogP contribution in [0.2, 0.25) is 0 Å². The van der Waals surface area contributed by atoms with Gasteiger partial charge in [-0.15, -0.1) is 0 Å². The number of carbonyl (C=O) groups excluding carboxylic acids is 1. The second-order valence-corrected chi connectivity index (χ2v) is 2.60. The highest BCUT2D eigenvalue weighted by atomic mass is 28.3. The van der Waals surface area contributed by atoms with Gasteiger partial charge >= 0.3 is 0 Å². The third-order valence-corrected chi connectivity index (χ3v) is 1.65. The topological polar surface area (TPSA) is 101 Å². The molecule has 0 rings (SSSR count). The fraction of sp³-hybridized carbons (Fsp3) is 0. The van der Waals surface area contributed by atoms with E-state index in [-0.39, 0.29) is 29.9 Å². The van der Waals surface area contributed by atoms with Crippen LogP contribution in [0.25, 0.3) is 0 Å². The molecule has 0 spiro atoms. The average molecular weight is 134 g/mol. The van der Waals surface area contributed by atoms with E-state index in [1.54, 1.807) is 0 Å². The van der Waals surface area contributed by atoms with E-state index in [1.165, 1.54) is 0 Å². The summed E-state index contributed by atoms with van der Waals surface area (Å²) in [7, 11) is -0.240. The maximum absolute atomic E-state index is 9.96. The summed E-state index contributed by atoms with van der Waals surface area (Å²) < 4.78 is 0. The molecule has 0 unspecified atom stereocenters. The van der Waals surface area contributed by atoms with Gasteiger partial charge in [0.05, 0.1) is 0 Å². The lowest BCUT2D eigenvalue weighted by Crippen LogP contribution is -2.28. The molecule has 6 heteroatoms. The minimum atomic E-state index is -0.120. The van der Waals surface area contributed by atoms with Gasteiger partial charge in [-0.3, -0.25) is 0 Å². The second-order valence-electron chi connectivity index (χ2n) is 0.618. The van der Waals surface area contributed by atoms with Gasteiger partial charge in [0.15, 0.2) is 0 Å². The molecule has 0 amide bonds. The Labute approximate surface area is 46.4 Å². The van der Waals surface area contributed by atoms with Crippen LogP contribution in [0.3, 0.4) is 0 Å². The molecule has 0 fully saturated rings. The number of hydrogen-bond donors (Lipinski definition) is 2. The molecule has 6 N–H and O–H groups in total. The molecule has 7 heavy (non-hydrogen) atoms. The normalized spacial score (nSPS) is 7.14. The molecule has 40 valence electrons. The summed E-state index contributed by atoms with van der Waals surface area (Å²) in [5, 5.41) is 9.73. The molecular formula is CH6N2O2Si2. The highest BCUT2D eigenvalue weighted by molar-refractivity contribution is 7.01. The van der Waals surface area contributed by atoms with Crippen molar-refractivity contribution in [3.8, 4) is 0 Å². The lowest BCUT2D eigenvalue weighted by molar-refractivity contribution is 0.274. The van der Waals surface area contributed by atoms with Gasteiger partial charge in [-0.2, -0.15) is 0 Å². The zero-order chi connectivity index (χ0) is 4.99. The molecule has 0 aromatic rings. The van der Waals surface area contributed by atoms with Gasteiger partial charge < -0.3 is 21.1 Å². The van der Waals surface area contributed by atoms with Crippen molar-refractivity contribution in [3.63, 3.8) is 0 Å². The predicted octanol–water partition coefficient (Wildman–Crippen LogP) is -2.56. The standard InChI is InChI=1S/CH4N2OSi2.H2O/c2-5-1(4)6-3;/h2-3H2;1H2. The number of hydrogen-bond acceptors (Lipinski definition) is 3. The second kappa shape index (κ2) is 5.98. The van der Waals surface area contributed by atoms with E-state index in [2.05, 4.69) is 0 Å². The Kier molecular flexibility index (Phi) is 8.61. The summed E-state index contributed by atoms with van der Waals surface area (Å²) in [6, 6.07) is 0. The van der Waals surface area contributed by atoms with E-state index < -0.39 is 0 Å². The first kappa shape index (κ1) is 10.1. The highest BCUT2D eigenvalue weighted by Gasteiger charge is 1.93. The summed E-state index contributed by atoms with van der Waals surface area (Å²) in [6.45, 7) is 0. The molecular weight excluding hydrogens is 128 g/mol. The largest absolute Gasteiger partial charge is 0.412 e. The van der Waals surface area contributed by atoms with Gasteiger partial charge in [0.1, 0.15) is 5.03 Å². The van der Waals surface area contributed by atoms with E-state index >= 15 is 0 Å². The number of nitrogens with two attached hydrogens (primary N) is 2. The Morgan fingerprint density at radius 3 is 1.57 bits per heavy atom. The van der Waals surface area contributed by atoms with Crippen LogP contribution in [0.1, 0.15) is 0 Å². The van der Waals surface area contributed by atoms with Crippen LogP contribution in [0, 0.1) is 0 Å². The Bertz CT molecular complexity index is 51.7. The first-order chi connectivity index (χ1) is 2.81. The van der Waals surface area contributed by atoms with Gasteiger partial charge in [0, 0.05) is 0 Å². The Morgan fingerprint density at radius 1 is 1.29 bits per heavy atom. The number of carbonyl (C=O) groups is 1. The maximum atomic E-state index is 9.96. The highest BCUT2D eigenvalue weighted by Crippen LogP contribution is 1.53. The van der Waals surface area contributed by atoms with Crippen molar-refractivity contribution in [2.75, 3.05) is 0 Å². The van der Waals surface area contributed by atoms with Gasteiger partial charge in [-0.05, 0) is 0 Å². The van der Waals surface area contributed by atoms with Gasteiger partial charge in [0.2, 0.25) is 19.4 Å². The van der Waals surface area contributed by atoms with E-state index in [4.69, 9.17) is 10.8 Å². The maximum Gasteiger partial charge on any atom is 0.221 e. The summed E-state index contributed by atoms with van der Waals surface area (Å²) in [6.07, 6.45) is 0. The molecule has 0 aliphatic carbocycles. The van der Waals surface area contributed by atoms with Crippen LogP contribution in [0.5, 0.6) is 0 Å². The SMILES string of the molecule is N[Si]C(=O)[Si]N.O. The van der Waals surface area contributed by atoms with Crippen LogP contribution in [-0.4, -0.2) is 29.9 Å². The minimum absolute atomic E-state index is 0. The van der Waals surface area contributed by atoms with Gasteiger partial charge in [-0.1, -0.05) is 0 Å². The number of rotatable bonds is 2. The van der Waals surface area contributed by atoms with E-state index in [0.29, 0.717) is 0 Å². The van der Waals surface area contributed by atoms with Crippen LogP contribution >= 0.6 is 0 Å². The van der Waals surface area contributed by atoms with E-state index in [0.717, 1.165) is 0 Å². The predicted molar refractivity (Wildman–Crippen MR) is 28.9 cm³/mol. The van der Waals surface area contributed by atoms with E-state index in [9.17, 15) is 4.79 Å². The lowest BCUT2D eigenvalue weighted by Gasteiger charge is -1.77. The Balaban J connectivity index is 0. The zero-order valence-electron chi connectivity index (χ0n) is 3.56. The van der Waals surface area contributed by atoms with Crippen molar-refractivity contribution in [2.24, 2.45) is 10.8 Å². The molecule has 0 saturated heterocycles. The fourth-order valence-corrected chi connectivity index (χ4v) is 0.375. The third kappa shape index (κ3) is 5.98. The smallest absolute Gasteiger partial charge is 0.221 e.